The first-order chi connectivity index (χ1) is 15.5. The van der Waals surface area contributed by atoms with E-state index < -0.39 is 11.6 Å². The number of nitrogens with two attached hydrogens (primary N) is 1. The van der Waals surface area contributed by atoms with E-state index in [0.29, 0.717) is 41.0 Å². The van der Waals surface area contributed by atoms with Crippen molar-refractivity contribution in [2.24, 2.45) is 5.73 Å². The summed E-state index contributed by atoms with van der Waals surface area (Å²) in [6.45, 7) is 0.297. The molecule has 1 atom stereocenters. The first kappa shape index (κ1) is 21.4. The van der Waals surface area contributed by atoms with Crippen LogP contribution in [0.1, 0.15) is 15.9 Å². The Bertz CT molecular complexity index is 1220. The van der Waals surface area contributed by atoms with Gasteiger partial charge >= 0.3 is 0 Å². The molecule has 0 aliphatic heterocycles. The van der Waals surface area contributed by atoms with E-state index >= 15 is 0 Å². The van der Waals surface area contributed by atoms with Crippen molar-refractivity contribution in [3.05, 3.63) is 102 Å². The van der Waals surface area contributed by atoms with Crippen molar-refractivity contribution >= 4 is 5.91 Å². The number of hydrogen-bond donors (Lipinski definition) is 3. The Balaban J connectivity index is 1.57. The lowest BCUT2D eigenvalue weighted by Crippen LogP contribution is -2.41. The fourth-order valence-corrected chi connectivity index (χ4v) is 3.53. The highest BCUT2D eigenvalue weighted by Gasteiger charge is 2.18. The number of carbonyl (C=O) groups excluding carboxylic acids is 1. The van der Waals surface area contributed by atoms with Crippen LogP contribution in [0.5, 0.6) is 0 Å². The minimum absolute atomic E-state index is 0.227. The Morgan fingerprint density at radius 2 is 1.72 bits per heavy atom. The maximum Gasteiger partial charge on any atom is 0.252 e. The molecule has 1 aromatic heterocycles. The fourth-order valence-electron chi connectivity index (χ4n) is 3.53. The molecule has 0 saturated heterocycles. The number of nitrogens with one attached hydrogen (secondary N) is 2. The van der Waals surface area contributed by atoms with Gasteiger partial charge in [-0.2, -0.15) is 5.10 Å². The summed E-state index contributed by atoms with van der Waals surface area (Å²) in [7, 11) is 0. The third-order valence-electron chi connectivity index (χ3n) is 5.20. The Hall–Kier alpha value is -3.84. The van der Waals surface area contributed by atoms with Gasteiger partial charge in [-0.25, -0.2) is 8.78 Å². The largest absolute Gasteiger partial charge is 0.348 e. The van der Waals surface area contributed by atoms with Crippen molar-refractivity contribution in [3.63, 3.8) is 0 Å². The predicted octanol–water partition coefficient (Wildman–Crippen LogP) is 4.32. The molecule has 4 rings (SSSR count). The van der Waals surface area contributed by atoms with E-state index in [9.17, 15) is 13.6 Å². The van der Waals surface area contributed by atoms with E-state index in [0.717, 1.165) is 17.7 Å². The minimum Gasteiger partial charge on any atom is -0.348 e. The van der Waals surface area contributed by atoms with Crippen molar-refractivity contribution in [1.82, 2.24) is 15.5 Å². The Morgan fingerprint density at radius 1 is 0.969 bits per heavy atom. The third-order valence-corrected chi connectivity index (χ3v) is 5.20. The van der Waals surface area contributed by atoms with E-state index in [-0.39, 0.29) is 11.9 Å². The molecule has 5 nitrogen and oxygen atoms in total. The van der Waals surface area contributed by atoms with Crippen LogP contribution in [0.2, 0.25) is 0 Å². The van der Waals surface area contributed by atoms with Crippen LogP contribution < -0.4 is 11.1 Å². The van der Waals surface area contributed by atoms with Gasteiger partial charge in [-0.15, -0.1) is 0 Å². The molecule has 32 heavy (non-hydrogen) atoms. The number of carbonyl (C=O) groups is 1. The number of benzene rings is 3. The number of H-pyrrole nitrogens is 1. The van der Waals surface area contributed by atoms with E-state index in [2.05, 4.69) is 15.5 Å². The molecule has 0 aliphatic rings. The van der Waals surface area contributed by atoms with Gasteiger partial charge in [0.2, 0.25) is 0 Å². The summed E-state index contributed by atoms with van der Waals surface area (Å²) < 4.78 is 26.8. The van der Waals surface area contributed by atoms with Gasteiger partial charge in [0.15, 0.2) is 11.6 Å². The molecule has 1 heterocycles. The van der Waals surface area contributed by atoms with E-state index in [4.69, 9.17) is 5.73 Å². The van der Waals surface area contributed by atoms with Crippen LogP contribution >= 0.6 is 0 Å². The third kappa shape index (κ3) is 4.73. The number of hydrogen-bond acceptors (Lipinski definition) is 3. The number of rotatable bonds is 7. The normalized spacial score (nSPS) is 11.8. The van der Waals surface area contributed by atoms with Crippen LogP contribution in [-0.2, 0) is 6.42 Å². The van der Waals surface area contributed by atoms with Gasteiger partial charge in [0.25, 0.3) is 5.91 Å². The maximum absolute atomic E-state index is 13.6. The van der Waals surface area contributed by atoms with Gasteiger partial charge in [-0.05, 0) is 42.3 Å². The van der Waals surface area contributed by atoms with E-state index in [1.54, 1.807) is 24.3 Å². The second kappa shape index (κ2) is 9.53. The summed E-state index contributed by atoms with van der Waals surface area (Å²) >= 11 is 0. The van der Waals surface area contributed by atoms with Crippen LogP contribution in [0.4, 0.5) is 8.78 Å². The van der Waals surface area contributed by atoms with Crippen molar-refractivity contribution < 1.29 is 13.6 Å². The summed E-state index contributed by atoms with van der Waals surface area (Å²) in [4.78, 5) is 13.1. The van der Waals surface area contributed by atoms with Gasteiger partial charge in [-0.1, -0.05) is 48.5 Å². The number of nitrogens with zero attached hydrogens (tertiary/aromatic N) is 1. The molecule has 0 saturated carbocycles. The Labute approximate surface area is 184 Å². The fraction of sp³-hybridized carbons (Fsp3) is 0.120. The van der Waals surface area contributed by atoms with Gasteiger partial charge in [-0.3, -0.25) is 9.89 Å². The highest BCUT2D eigenvalue weighted by molar-refractivity contribution is 6.00. The SMILES string of the molecule is NC[C@H](Cc1ccccc1)NC(=O)c1ccccc1-c1cc(-c2ccc(F)c(F)c2)[nH]n1. The van der Waals surface area contributed by atoms with Gasteiger partial charge < -0.3 is 11.1 Å². The number of halogens is 2. The summed E-state index contributed by atoms with van der Waals surface area (Å²) in [5.74, 6) is -2.12. The quantitative estimate of drug-likeness (QED) is 0.407. The number of amides is 1. The van der Waals surface area contributed by atoms with Crippen LogP contribution in [0, 0.1) is 11.6 Å². The molecular weight excluding hydrogens is 410 g/mol. The summed E-state index contributed by atoms with van der Waals surface area (Å²) in [5.41, 5.74) is 9.53. The average molecular weight is 432 g/mol. The second-order valence-corrected chi connectivity index (χ2v) is 7.44. The van der Waals surface area contributed by atoms with Crippen LogP contribution in [0.25, 0.3) is 22.5 Å². The molecular formula is C25H22F2N4O. The Kier molecular flexibility index (Phi) is 6.37. The lowest BCUT2D eigenvalue weighted by Gasteiger charge is -2.18. The highest BCUT2D eigenvalue weighted by atomic mass is 19.2. The van der Waals surface area contributed by atoms with Crippen molar-refractivity contribution in [3.8, 4) is 22.5 Å². The summed E-state index contributed by atoms with van der Waals surface area (Å²) in [6.07, 6.45) is 0.619. The smallest absolute Gasteiger partial charge is 0.252 e. The number of aromatic amines is 1. The van der Waals surface area contributed by atoms with Crippen LogP contribution in [0.3, 0.4) is 0 Å². The standard InChI is InChI=1S/C25H22F2N4O/c26-21-11-10-17(13-22(21)27)23-14-24(31-30-23)19-8-4-5-9-20(19)25(32)29-18(15-28)12-16-6-2-1-3-7-16/h1-11,13-14,18H,12,15,28H2,(H,29,32)(H,30,31)/t18-/m0/s1. The number of aromatic nitrogens is 2. The van der Waals surface area contributed by atoms with Gasteiger partial charge in [0.1, 0.15) is 0 Å². The molecule has 0 unspecified atom stereocenters. The molecule has 4 aromatic rings. The van der Waals surface area contributed by atoms with Crippen molar-refractivity contribution in [2.45, 2.75) is 12.5 Å². The van der Waals surface area contributed by atoms with E-state index in [1.165, 1.54) is 6.07 Å². The van der Waals surface area contributed by atoms with Crippen molar-refractivity contribution in [1.29, 1.82) is 0 Å². The topological polar surface area (TPSA) is 83.8 Å². The zero-order valence-corrected chi connectivity index (χ0v) is 17.2. The van der Waals surface area contributed by atoms with Gasteiger partial charge in [0, 0.05) is 29.3 Å². The Morgan fingerprint density at radius 3 is 2.47 bits per heavy atom. The van der Waals surface area contributed by atoms with Crippen LogP contribution in [0.15, 0.2) is 78.9 Å². The van der Waals surface area contributed by atoms with Crippen molar-refractivity contribution in [2.75, 3.05) is 6.54 Å². The van der Waals surface area contributed by atoms with E-state index in [1.807, 2.05) is 36.4 Å². The minimum atomic E-state index is -0.940. The lowest BCUT2D eigenvalue weighted by atomic mass is 10.0. The zero-order chi connectivity index (χ0) is 22.5. The second-order valence-electron chi connectivity index (χ2n) is 7.44. The van der Waals surface area contributed by atoms with Gasteiger partial charge in [0.05, 0.1) is 11.4 Å². The molecule has 0 radical (unpaired) electrons. The maximum atomic E-state index is 13.6. The molecule has 7 heteroatoms. The first-order valence-electron chi connectivity index (χ1n) is 10.2. The molecule has 0 aliphatic carbocycles. The van der Waals surface area contributed by atoms with Crippen LogP contribution in [-0.4, -0.2) is 28.7 Å². The summed E-state index contributed by atoms with van der Waals surface area (Å²) in [6, 6.07) is 22.0. The monoisotopic (exact) mass is 432 g/mol. The molecule has 162 valence electrons. The summed E-state index contributed by atoms with van der Waals surface area (Å²) in [5, 5.41) is 10.1. The predicted molar refractivity (Wildman–Crippen MR) is 120 cm³/mol. The molecule has 1 amide bonds. The molecule has 4 N–H and O–H groups in total. The molecule has 0 spiro atoms. The first-order valence-corrected chi connectivity index (χ1v) is 10.2. The lowest BCUT2D eigenvalue weighted by molar-refractivity contribution is 0.0938. The zero-order valence-electron chi connectivity index (χ0n) is 17.2. The molecule has 3 aromatic carbocycles. The highest BCUT2D eigenvalue weighted by Crippen LogP contribution is 2.27. The molecule has 0 fully saturated rings. The molecule has 0 bridgehead atoms. The average Bonchev–Trinajstić information content (AvgIpc) is 3.31.